The number of carbonyl (C=O) groups excluding carboxylic acids is 3. The standard InChI is InChI=1S/C30H37NO8/c1-28(2,3)38-24(32)22(25(33)39-29(4,5)6)15-16-30(31,26(34)35)27(36)37-17-23-20-13-9-7-11-18(20)19-12-8-10-14-21(19)23/h7-14,22-23H,15-17,31H2,1-6H3,(H,34,35)/t30-/m0/s1. The molecule has 0 fully saturated rings. The van der Waals surface area contributed by atoms with Crippen molar-refractivity contribution in [1.29, 1.82) is 0 Å². The molecule has 210 valence electrons. The number of carbonyl (C=O) groups is 4. The third-order valence-electron chi connectivity index (χ3n) is 6.30. The number of hydrogen-bond donors (Lipinski definition) is 2. The van der Waals surface area contributed by atoms with Crippen molar-refractivity contribution in [3.63, 3.8) is 0 Å². The van der Waals surface area contributed by atoms with Gasteiger partial charge in [0.2, 0.25) is 5.54 Å². The van der Waals surface area contributed by atoms with Crippen LogP contribution in [0, 0.1) is 5.92 Å². The van der Waals surface area contributed by atoms with Gasteiger partial charge in [-0.15, -0.1) is 0 Å². The molecular formula is C30H37NO8. The predicted molar refractivity (Wildman–Crippen MR) is 144 cm³/mol. The molecule has 0 unspecified atom stereocenters. The van der Waals surface area contributed by atoms with Gasteiger partial charge in [0, 0.05) is 5.92 Å². The number of ether oxygens (including phenoxy) is 3. The zero-order valence-electron chi connectivity index (χ0n) is 23.3. The predicted octanol–water partition coefficient (Wildman–Crippen LogP) is 4.20. The van der Waals surface area contributed by atoms with E-state index in [2.05, 4.69) is 0 Å². The molecule has 9 heteroatoms. The third-order valence-corrected chi connectivity index (χ3v) is 6.30. The third kappa shape index (κ3) is 7.03. The molecule has 3 rings (SSSR count). The fourth-order valence-electron chi connectivity index (χ4n) is 4.47. The van der Waals surface area contributed by atoms with Crippen LogP contribution in [0.15, 0.2) is 48.5 Å². The van der Waals surface area contributed by atoms with Crippen LogP contribution in [0.3, 0.4) is 0 Å². The van der Waals surface area contributed by atoms with Gasteiger partial charge in [-0.25, -0.2) is 9.59 Å². The molecule has 1 aliphatic carbocycles. The van der Waals surface area contributed by atoms with Gasteiger partial charge in [0.15, 0.2) is 5.92 Å². The summed E-state index contributed by atoms with van der Waals surface area (Å²) in [4.78, 5) is 51.0. The van der Waals surface area contributed by atoms with Crippen molar-refractivity contribution in [3.8, 4) is 11.1 Å². The summed E-state index contributed by atoms with van der Waals surface area (Å²) in [5.74, 6) is -6.35. The Balaban J connectivity index is 1.78. The Hall–Kier alpha value is -3.72. The van der Waals surface area contributed by atoms with Crippen LogP contribution in [0.4, 0.5) is 0 Å². The van der Waals surface area contributed by atoms with Crippen molar-refractivity contribution in [3.05, 3.63) is 59.7 Å². The van der Waals surface area contributed by atoms with Gasteiger partial charge in [0.25, 0.3) is 0 Å². The zero-order valence-corrected chi connectivity index (χ0v) is 23.3. The number of carboxylic acid groups (broad SMARTS) is 1. The highest BCUT2D eigenvalue weighted by molar-refractivity contribution is 6.04. The molecule has 0 spiro atoms. The molecule has 0 saturated heterocycles. The fourth-order valence-corrected chi connectivity index (χ4v) is 4.47. The number of rotatable bonds is 9. The molecule has 0 aliphatic heterocycles. The summed E-state index contributed by atoms with van der Waals surface area (Å²) in [6, 6.07) is 15.5. The first-order chi connectivity index (χ1) is 18.0. The smallest absolute Gasteiger partial charge is 0.337 e. The van der Waals surface area contributed by atoms with Gasteiger partial charge in [-0.1, -0.05) is 48.5 Å². The molecule has 1 aliphatic rings. The summed E-state index contributed by atoms with van der Waals surface area (Å²) >= 11 is 0. The molecule has 3 N–H and O–H groups in total. The maximum Gasteiger partial charge on any atom is 0.337 e. The number of esters is 3. The lowest BCUT2D eigenvalue weighted by Gasteiger charge is -2.28. The Morgan fingerprint density at radius 2 is 1.26 bits per heavy atom. The Labute approximate surface area is 228 Å². The van der Waals surface area contributed by atoms with Gasteiger partial charge in [-0.3, -0.25) is 9.59 Å². The van der Waals surface area contributed by atoms with Crippen molar-refractivity contribution in [2.24, 2.45) is 11.7 Å². The van der Waals surface area contributed by atoms with Gasteiger partial charge >= 0.3 is 23.9 Å². The lowest BCUT2D eigenvalue weighted by atomic mass is 9.89. The molecule has 0 radical (unpaired) electrons. The maximum atomic E-state index is 13.1. The van der Waals surface area contributed by atoms with Gasteiger partial charge in [-0.05, 0) is 76.6 Å². The van der Waals surface area contributed by atoms with Crippen molar-refractivity contribution in [2.45, 2.75) is 77.0 Å². The second-order valence-electron chi connectivity index (χ2n) is 11.8. The Morgan fingerprint density at radius 1 is 0.821 bits per heavy atom. The summed E-state index contributed by atoms with van der Waals surface area (Å²) in [5, 5.41) is 9.92. The molecule has 2 aromatic rings. The largest absolute Gasteiger partial charge is 0.479 e. The summed E-state index contributed by atoms with van der Waals surface area (Å²) in [6.07, 6.45) is -0.945. The molecule has 2 aromatic carbocycles. The van der Waals surface area contributed by atoms with E-state index in [-0.39, 0.29) is 12.5 Å². The molecule has 0 heterocycles. The normalized spacial score (nSPS) is 14.7. The van der Waals surface area contributed by atoms with Crippen molar-refractivity contribution in [1.82, 2.24) is 0 Å². The fraction of sp³-hybridized carbons (Fsp3) is 0.467. The number of aliphatic carboxylic acids is 1. The first kappa shape index (κ1) is 29.8. The first-order valence-corrected chi connectivity index (χ1v) is 12.9. The molecular weight excluding hydrogens is 502 g/mol. The molecule has 0 saturated carbocycles. The lowest BCUT2D eigenvalue weighted by molar-refractivity contribution is -0.176. The highest BCUT2D eigenvalue weighted by atomic mass is 16.6. The summed E-state index contributed by atoms with van der Waals surface area (Å²) < 4.78 is 16.2. The Kier molecular flexibility index (Phi) is 8.55. The summed E-state index contributed by atoms with van der Waals surface area (Å²) in [6.45, 7) is 9.70. The maximum absolute atomic E-state index is 13.1. The number of carboxylic acids is 1. The van der Waals surface area contributed by atoms with E-state index in [1.165, 1.54) is 0 Å². The van der Waals surface area contributed by atoms with Crippen LogP contribution in [0.1, 0.15) is 71.4 Å². The van der Waals surface area contributed by atoms with Crippen LogP contribution in [0.25, 0.3) is 11.1 Å². The van der Waals surface area contributed by atoms with Crippen LogP contribution in [-0.4, -0.2) is 52.3 Å². The minimum absolute atomic E-state index is 0.124. The van der Waals surface area contributed by atoms with Gasteiger partial charge in [0.05, 0.1) is 0 Å². The second-order valence-corrected chi connectivity index (χ2v) is 11.8. The highest BCUT2D eigenvalue weighted by Gasteiger charge is 2.47. The van der Waals surface area contributed by atoms with E-state index in [9.17, 15) is 24.3 Å². The average molecular weight is 540 g/mol. The van der Waals surface area contributed by atoms with E-state index in [4.69, 9.17) is 19.9 Å². The quantitative estimate of drug-likeness (QED) is 0.272. The molecule has 39 heavy (non-hydrogen) atoms. The van der Waals surface area contributed by atoms with E-state index in [1.54, 1.807) is 41.5 Å². The monoisotopic (exact) mass is 539 g/mol. The van der Waals surface area contributed by atoms with E-state index in [0.29, 0.717) is 0 Å². The first-order valence-electron chi connectivity index (χ1n) is 12.9. The van der Waals surface area contributed by atoms with Crippen molar-refractivity contribution < 1.29 is 38.5 Å². The van der Waals surface area contributed by atoms with E-state index in [1.807, 2.05) is 48.5 Å². The van der Waals surface area contributed by atoms with Crippen LogP contribution < -0.4 is 5.73 Å². The highest BCUT2D eigenvalue weighted by Crippen LogP contribution is 2.44. The van der Waals surface area contributed by atoms with Gasteiger partial charge < -0.3 is 25.1 Å². The second kappa shape index (κ2) is 11.2. The molecule has 0 aromatic heterocycles. The molecule has 1 atom stereocenters. The minimum atomic E-state index is -2.50. The van der Waals surface area contributed by atoms with Crippen LogP contribution in [0.5, 0.6) is 0 Å². The zero-order chi connectivity index (χ0) is 29.2. The van der Waals surface area contributed by atoms with Crippen LogP contribution in [0.2, 0.25) is 0 Å². The minimum Gasteiger partial charge on any atom is -0.479 e. The number of hydrogen-bond acceptors (Lipinski definition) is 8. The van der Waals surface area contributed by atoms with Gasteiger partial charge in [-0.2, -0.15) is 0 Å². The van der Waals surface area contributed by atoms with Crippen LogP contribution >= 0.6 is 0 Å². The van der Waals surface area contributed by atoms with E-state index < -0.39 is 59.4 Å². The summed E-state index contributed by atoms with van der Waals surface area (Å²) in [5.41, 5.74) is 5.72. The molecule has 0 amide bonds. The van der Waals surface area contributed by atoms with Gasteiger partial charge in [0.1, 0.15) is 17.8 Å². The lowest BCUT2D eigenvalue weighted by Crippen LogP contribution is -2.56. The van der Waals surface area contributed by atoms with Crippen molar-refractivity contribution in [2.75, 3.05) is 6.61 Å². The topological polar surface area (TPSA) is 142 Å². The number of fused-ring (bicyclic) bond motifs is 3. The van der Waals surface area contributed by atoms with Crippen molar-refractivity contribution >= 4 is 23.9 Å². The Morgan fingerprint density at radius 3 is 1.67 bits per heavy atom. The molecule has 9 nitrogen and oxygen atoms in total. The number of nitrogens with two attached hydrogens (primary N) is 1. The van der Waals surface area contributed by atoms with E-state index in [0.717, 1.165) is 22.3 Å². The number of benzene rings is 2. The SMILES string of the molecule is CC(C)(C)OC(=O)C(CC[C@](N)(C(=O)O)C(=O)OCC1c2ccccc2-c2ccccc21)C(=O)OC(C)(C)C. The average Bonchev–Trinajstić information content (AvgIpc) is 3.13. The van der Waals surface area contributed by atoms with E-state index >= 15 is 0 Å². The summed E-state index contributed by atoms with van der Waals surface area (Å²) in [7, 11) is 0. The Bertz CT molecular complexity index is 1180. The van der Waals surface area contributed by atoms with Crippen LogP contribution in [-0.2, 0) is 33.4 Å². The molecule has 0 bridgehead atoms.